The Morgan fingerprint density at radius 1 is 1.29 bits per heavy atom. The van der Waals surface area contributed by atoms with Gasteiger partial charge in [0, 0.05) is 24.6 Å². The van der Waals surface area contributed by atoms with Gasteiger partial charge in [-0.2, -0.15) is 0 Å². The summed E-state index contributed by atoms with van der Waals surface area (Å²) in [5.74, 6) is -0.307. The van der Waals surface area contributed by atoms with Gasteiger partial charge >= 0.3 is 0 Å². The van der Waals surface area contributed by atoms with Crippen LogP contribution in [0.3, 0.4) is 0 Å². The Kier molecular flexibility index (Phi) is 4.98. The summed E-state index contributed by atoms with van der Waals surface area (Å²) in [6.07, 6.45) is 1.67. The van der Waals surface area contributed by atoms with Crippen LogP contribution in [0.2, 0.25) is 0 Å². The molecule has 0 spiro atoms. The SMILES string of the molecule is CC(C)S(=O)(=O)N1CCCC(c2nnc(-c3ccccc3F)s2)C1. The summed E-state index contributed by atoms with van der Waals surface area (Å²) in [5, 5.41) is 9.18. The Hall–Kier alpha value is -1.38. The molecule has 5 nitrogen and oxygen atoms in total. The van der Waals surface area contributed by atoms with Crippen LogP contribution >= 0.6 is 11.3 Å². The molecule has 8 heteroatoms. The molecule has 1 saturated heterocycles. The Bertz CT molecular complexity index is 820. The van der Waals surface area contributed by atoms with E-state index < -0.39 is 15.3 Å². The number of benzene rings is 1. The van der Waals surface area contributed by atoms with E-state index in [1.807, 2.05) is 0 Å². The maximum absolute atomic E-state index is 13.9. The van der Waals surface area contributed by atoms with Crippen LogP contribution in [0.4, 0.5) is 4.39 Å². The van der Waals surface area contributed by atoms with E-state index in [-0.39, 0.29) is 11.7 Å². The second-order valence-corrected chi connectivity index (χ2v) is 9.71. The zero-order valence-corrected chi connectivity index (χ0v) is 15.3. The van der Waals surface area contributed by atoms with Crippen LogP contribution in [0.25, 0.3) is 10.6 Å². The maximum atomic E-state index is 13.9. The molecule has 2 aromatic rings. The Labute approximate surface area is 145 Å². The monoisotopic (exact) mass is 369 g/mol. The molecular formula is C16H20FN3O2S2. The summed E-state index contributed by atoms with van der Waals surface area (Å²) < 4.78 is 40.2. The molecule has 1 aromatic carbocycles. The van der Waals surface area contributed by atoms with Crippen molar-refractivity contribution >= 4 is 21.4 Å². The molecule has 3 rings (SSSR count). The number of sulfonamides is 1. The van der Waals surface area contributed by atoms with Gasteiger partial charge in [0.15, 0.2) is 5.01 Å². The summed E-state index contributed by atoms with van der Waals surface area (Å²) >= 11 is 1.34. The molecule has 24 heavy (non-hydrogen) atoms. The summed E-state index contributed by atoms with van der Waals surface area (Å²) in [6, 6.07) is 6.47. The van der Waals surface area contributed by atoms with Crippen molar-refractivity contribution in [3.63, 3.8) is 0 Å². The van der Waals surface area contributed by atoms with E-state index in [9.17, 15) is 12.8 Å². The molecule has 1 fully saturated rings. The van der Waals surface area contributed by atoms with Gasteiger partial charge in [0.2, 0.25) is 10.0 Å². The predicted molar refractivity (Wildman–Crippen MR) is 92.9 cm³/mol. The summed E-state index contributed by atoms with van der Waals surface area (Å²) in [5.41, 5.74) is 0.434. The number of nitrogens with zero attached hydrogens (tertiary/aromatic N) is 3. The van der Waals surface area contributed by atoms with Crippen LogP contribution in [0.1, 0.15) is 37.6 Å². The van der Waals surface area contributed by atoms with Gasteiger partial charge in [0.05, 0.1) is 5.25 Å². The molecule has 0 radical (unpaired) electrons. The molecule has 130 valence electrons. The molecule has 1 aliphatic rings. The lowest BCUT2D eigenvalue weighted by Crippen LogP contribution is -2.42. The minimum absolute atomic E-state index is 0.0188. The second-order valence-electron chi connectivity index (χ2n) is 6.22. The highest BCUT2D eigenvalue weighted by Gasteiger charge is 2.33. The summed E-state index contributed by atoms with van der Waals surface area (Å²) in [4.78, 5) is 0. The fourth-order valence-corrected chi connectivity index (χ4v) is 5.18. The molecule has 1 aliphatic heterocycles. The Morgan fingerprint density at radius 3 is 2.75 bits per heavy atom. The van der Waals surface area contributed by atoms with Crippen LogP contribution in [0.15, 0.2) is 24.3 Å². The van der Waals surface area contributed by atoms with Gasteiger partial charge in [-0.15, -0.1) is 10.2 Å². The van der Waals surface area contributed by atoms with Crippen LogP contribution in [0, 0.1) is 5.82 Å². The second kappa shape index (κ2) is 6.85. The first-order chi connectivity index (χ1) is 11.4. The molecule has 1 aromatic heterocycles. The van der Waals surface area contributed by atoms with Crippen LogP contribution < -0.4 is 0 Å². The van der Waals surface area contributed by atoms with E-state index in [0.717, 1.165) is 17.8 Å². The normalized spacial score (nSPS) is 19.8. The van der Waals surface area contributed by atoms with Crippen molar-refractivity contribution < 1.29 is 12.8 Å². The van der Waals surface area contributed by atoms with Crippen molar-refractivity contribution in [2.45, 2.75) is 37.9 Å². The quantitative estimate of drug-likeness (QED) is 0.830. The zero-order valence-electron chi connectivity index (χ0n) is 13.6. The molecule has 0 N–H and O–H groups in total. The van der Waals surface area contributed by atoms with Gasteiger partial charge in [-0.1, -0.05) is 23.5 Å². The van der Waals surface area contributed by atoms with E-state index in [1.165, 1.54) is 17.4 Å². The third-order valence-electron chi connectivity index (χ3n) is 4.23. The average Bonchev–Trinajstić information content (AvgIpc) is 3.05. The van der Waals surface area contributed by atoms with Gasteiger partial charge < -0.3 is 0 Å². The van der Waals surface area contributed by atoms with E-state index in [2.05, 4.69) is 10.2 Å². The van der Waals surface area contributed by atoms with Crippen molar-refractivity contribution in [3.8, 4) is 10.6 Å². The molecule has 1 atom stereocenters. The minimum atomic E-state index is -3.26. The molecule has 0 amide bonds. The average molecular weight is 369 g/mol. The lowest BCUT2D eigenvalue weighted by molar-refractivity contribution is 0.312. The first-order valence-corrected chi connectivity index (χ1v) is 10.3. The van der Waals surface area contributed by atoms with Crippen molar-refractivity contribution in [1.29, 1.82) is 0 Å². The smallest absolute Gasteiger partial charge is 0.212 e. The van der Waals surface area contributed by atoms with E-state index in [1.54, 1.807) is 36.4 Å². The fourth-order valence-electron chi connectivity index (χ4n) is 2.82. The van der Waals surface area contributed by atoms with E-state index in [0.29, 0.717) is 23.7 Å². The Balaban J connectivity index is 1.82. The predicted octanol–water partition coefficient (Wildman–Crippen LogP) is 3.26. The highest BCUT2D eigenvalue weighted by atomic mass is 32.2. The standard InChI is InChI=1S/C16H20FN3O2S2/c1-11(2)24(21,22)20-9-5-6-12(10-20)15-18-19-16(23-15)13-7-3-4-8-14(13)17/h3-4,7-8,11-12H,5-6,9-10H2,1-2H3. The van der Waals surface area contributed by atoms with E-state index in [4.69, 9.17) is 0 Å². The number of aromatic nitrogens is 2. The van der Waals surface area contributed by atoms with Crippen LogP contribution in [-0.4, -0.2) is 41.3 Å². The Morgan fingerprint density at radius 2 is 2.04 bits per heavy atom. The minimum Gasteiger partial charge on any atom is -0.212 e. The van der Waals surface area contributed by atoms with Gasteiger partial charge in [-0.3, -0.25) is 0 Å². The van der Waals surface area contributed by atoms with Crippen LogP contribution in [-0.2, 0) is 10.0 Å². The van der Waals surface area contributed by atoms with Crippen LogP contribution in [0.5, 0.6) is 0 Å². The molecule has 2 heterocycles. The number of piperidine rings is 1. The van der Waals surface area contributed by atoms with E-state index >= 15 is 0 Å². The summed E-state index contributed by atoms with van der Waals surface area (Å²) in [7, 11) is -3.26. The lowest BCUT2D eigenvalue weighted by Gasteiger charge is -2.31. The molecule has 0 aliphatic carbocycles. The number of hydrogen-bond donors (Lipinski definition) is 0. The van der Waals surface area contributed by atoms with Crippen molar-refractivity contribution in [2.75, 3.05) is 13.1 Å². The molecule has 1 unspecified atom stereocenters. The van der Waals surface area contributed by atoms with Crippen molar-refractivity contribution in [2.24, 2.45) is 0 Å². The van der Waals surface area contributed by atoms with Crippen molar-refractivity contribution in [1.82, 2.24) is 14.5 Å². The van der Waals surface area contributed by atoms with Gasteiger partial charge in [0.1, 0.15) is 10.8 Å². The first kappa shape index (κ1) is 17.4. The maximum Gasteiger partial charge on any atom is 0.216 e. The highest BCUT2D eigenvalue weighted by Crippen LogP contribution is 2.34. The number of rotatable bonds is 4. The molecule has 0 bridgehead atoms. The zero-order chi connectivity index (χ0) is 17.3. The van der Waals surface area contributed by atoms with Crippen molar-refractivity contribution in [3.05, 3.63) is 35.1 Å². The van der Waals surface area contributed by atoms with Gasteiger partial charge in [-0.25, -0.2) is 17.1 Å². The summed E-state index contributed by atoms with van der Waals surface area (Å²) in [6.45, 7) is 4.36. The number of hydrogen-bond acceptors (Lipinski definition) is 5. The third kappa shape index (κ3) is 3.36. The largest absolute Gasteiger partial charge is 0.216 e. The highest BCUT2D eigenvalue weighted by molar-refractivity contribution is 7.89. The molecule has 0 saturated carbocycles. The first-order valence-electron chi connectivity index (χ1n) is 7.97. The van der Waals surface area contributed by atoms with Gasteiger partial charge in [-0.05, 0) is 38.8 Å². The van der Waals surface area contributed by atoms with Gasteiger partial charge in [0.25, 0.3) is 0 Å². The third-order valence-corrected chi connectivity index (χ3v) is 7.60. The number of halogens is 1. The lowest BCUT2D eigenvalue weighted by atomic mass is 10.0. The fraction of sp³-hybridized carbons (Fsp3) is 0.500. The molecular weight excluding hydrogens is 349 g/mol. The topological polar surface area (TPSA) is 63.2 Å².